The Bertz CT molecular complexity index is 872. The Balaban J connectivity index is 1.74. The molecule has 3 nitrogen and oxygen atoms in total. The second kappa shape index (κ2) is 6.75. The normalized spacial score (nSPS) is 15.1. The van der Waals surface area contributed by atoms with Crippen molar-refractivity contribution in [3.8, 4) is 5.75 Å². The van der Waals surface area contributed by atoms with Gasteiger partial charge >= 0.3 is 0 Å². The summed E-state index contributed by atoms with van der Waals surface area (Å²) in [5.74, 6) is 1.67. The van der Waals surface area contributed by atoms with E-state index in [0.717, 1.165) is 34.0 Å². The number of nitrogens with zero attached hydrogens (tertiary/aromatic N) is 1. The maximum Gasteiger partial charge on any atom is 0.145 e. The van der Waals surface area contributed by atoms with Crippen LogP contribution in [0.5, 0.6) is 5.75 Å². The highest BCUT2D eigenvalue weighted by Crippen LogP contribution is 2.40. The van der Waals surface area contributed by atoms with Crippen LogP contribution in [-0.2, 0) is 0 Å². The number of benzene rings is 2. The van der Waals surface area contributed by atoms with E-state index >= 15 is 0 Å². The number of anilines is 1. The predicted octanol–water partition coefficient (Wildman–Crippen LogP) is 5.51. The van der Waals surface area contributed by atoms with Crippen molar-refractivity contribution in [3.05, 3.63) is 65.9 Å². The molecule has 1 fully saturated rings. The first-order valence-electron chi connectivity index (χ1n) is 9.00. The first-order valence-corrected chi connectivity index (χ1v) is 9.00. The molecule has 0 radical (unpaired) electrons. The summed E-state index contributed by atoms with van der Waals surface area (Å²) in [5, 5.41) is 4.92. The van der Waals surface area contributed by atoms with Crippen molar-refractivity contribution in [1.82, 2.24) is 4.98 Å². The predicted molar refractivity (Wildman–Crippen MR) is 103 cm³/mol. The molecule has 1 heterocycles. The lowest BCUT2D eigenvalue weighted by Gasteiger charge is -2.22. The molecular weight excluding hydrogens is 308 g/mol. The lowest BCUT2D eigenvalue weighted by Crippen LogP contribution is -2.12. The molecule has 1 unspecified atom stereocenters. The fraction of sp³-hybridized carbons (Fsp3) is 0.318. The van der Waals surface area contributed by atoms with Crippen LogP contribution in [0.15, 0.2) is 54.6 Å². The SMILES string of the molecule is COc1cccc2c(NC(CC3CC3)c3ccccc3)cc(C)nc12. The minimum Gasteiger partial charge on any atom is -0.494 e. The number of aromatic nitrogens is 1. The molecule has 25 heavy (non-hydrogen) atoms. The summed E-state index contributed by atoms with van der Waals surface area (Å²) >= 11 is 0. The standard InChI is InChI=1S/C22H24N2O/c1-15-13-20(18-9-6-10-21(25-2)22(18)23-15)24-19(14-16-11-12-16)17-7-4-3-5-8-17/h3-10,13,16,19H,11-12,14H2,1-2H3,(H,23,24). The van der Waals surface area contributed by atoms with E-state index in [4.69, 9.17) is 9.72 Å². The van der Waals surface area contributed by atoms with Gasteiger partial charge in [-0.05, 0) is 37.0 Å². The summed E-state index contributed by atoms with van der Waals surface area (Å²) in [4.78, 5) is 4.70. The van der Waals surface area contributed by atoms with E-state index in [-0.39, 0.29) is 0 Å². The molecule has 0 amide bonds. The van der Waals surface area contributed by atoms with Gasteiger partial charge in [-0.15, -0.1) is 0 Å². The van der Waals surface area contributed by atoms with Crippen LogP contribution >= 0.6 is 0 Å². The van der Waals surface area contributed by atoms with Crippen LogP contribution < -0.4 is 10.1 Å². The van der Waals surface area contributed by atoms with Gasteiger partial charge in [0.25, 0.3) is 0 Å². The molecule has 3 heteroatoms. The van der Waals surface area contributed by atoms with E-state index < -0.39 is 0 Å². The van der Waals surface area contributed by atoms with E-state index in [1.165, 1.54) is 24.8 Å². The van der Waals surface area contributed by atoms with Gasteiger partial charge in [-0.1, -0.05) is 55.3 Å². The molecule has 0 bridgehead atoms. The second-order valence-corrected chi connectivity index (χ2v) is 6.95. The quantitative estimate of drug-likeness (QED) is 0.646. The summed E-state index contributed by atoms with van der Waals surface area (Å²) in [7, 11) is 1.70. The van der Waals surface area contributed by atoms with Gasteiger partial charge < -0.3 is 10.1 Å². The number of aryl methyl sites for hydroxylation is 1. The zero-order valence-electron chi connectivity index (χ0n) is 14.8. The van der Waals surface area contributed by atoms with Crippen molar-refractivity contribution in [2.75, 3.05) is 12.4 Å². The number of pyridine rings is 1. The van der Waals surface area contributed by atoms with Crippen LogP contribution in [0.4, 0.5) is 5.69 Å². The molecule has 1 aliphatic rings. The summed E-state index contributed by atoms with van der Waals surface area (Å²) < 4.78 is 5.51. The summed E-state index contributed by atoms with van der Waals surface area (Å²) in [6.45, 7) is 2.04. The number of hydrogen-bond acceptors (Lipinski definition) is 3. The maximum absolute atomic E-state index is 5.51. The van der Waals surface area contributed by atoms with Crippen LogP contribution in [0, 0.1) is 12.8 Å². The zero-order valence-corrected chi connectivity index (χ0v) is 14.8. The molecule has 1 atom stereocenters. The minimum absolute atomic E-state index is 0.324. The molecule has 3 aromatic rings. The Labute approximate surface area is 149 Å². The van der Waals surface area contributed by atoms with Gasteiger partial charge in [0.05, 0.1) is 13.2 Å². The molecule has 0 aliphatic heterocycles. The molecule has 1 N–H and O–H groups in total. The molecule has 1 aromatic heterocycles. The van der Waals surface area contributed by atoms with Gasteiger partial charge in [-0.3, -0.25) is 0 Å². The number of ether oxygens (including phenoxy) is 1. The lowest BCUT2D eigenvalue weighted by atomic mass is 10.00. The highest BCUT2D eigenvalue weighted by atomic mass is 16.5. The van der Waals surface area contributed by atoms with E-state index in [9.17, 15) is 0 Å². The van der Waals surface area contributed by atoms with Gasteiger partial charge in [0.1, 0.15) is 11.3 Å². The van der Waals surface area contributed by atoms with E-state index in [1.807, 2.05) is 19.1 Å². The summed E-state index contributed by atoms with van der Waals surface area (Å²) in [6.07, 6.45) is 3.89. The molecule has 2 aromatic carbocycles. The van der Waals surface area contributed by atoms with Crippen molar-refractivity contribution in [2.45, 2.75) is 32.2 Å². The largest absolute Gasteiger partial charge is 0.494 e. The third-order valence-corrected chi connectivity index (χ3v) is 4.95. The van der Waals surface area contributed by atoms with Crippen molar-refractivity contribution in [1.29, 1.82) is 0 Å². The van der Waals surface area contributed by atoms with Gasteiger partial charge in [0, 0.05) is 16.8 Å². The molecule has 4 rings (SSSR count). The number of para-hydroxylation sites is 1. The minimum atomic E-state index is 0.324. The Morgan fingerprint density at radius 3 is 2.64 bits per heavy atom. The fourth-order valence-corrected chi connectivity index (χ4v) is 3.47. The van der Waals surface area contributed by atoms with E-state index in [1.54, 1.807) is 7.11 Å². The fourth-order valence-electron chi connectivity index (χ4n) is 3.47. The highest BCUT2D eigenvalue weighted by molar-refractivity contribution is 5.95. The van der Waals surface area contributed by atoms with E-state index in [2.05, 4.69) is 47.8 Å². The number of nitrogens with one attached hydrogen (secondary N) is 1. The maximum atomic E-state index is 5.51. The third kappa shape index (κ3) is 3.46. The van der Waals surface area contributed by atoms with Gasteiger partial charge in [-0.2, -0.15) is 0 Å². The molecule has 128 valence electrons. The number of hydrogen-bond donors (Lipinski definition) is 1. The first kappa shape index (κ1) is 15.9. The van der Waals surface area contributed by atoms with Gasteiger partial charge in [0.15, 0.2) is 0 Å². The molecule has 1 saturated carbocycles. The van der Waals surface area contributed by atoms with Crippen molar-refractivity contribution < 1.29 is 4.74 Å². The Morgan fingerprint density at radius 1 is 1.12 bits per heavy atom. The number of fused-ring (bicyclic) bond motifs is 1. The smallest absolute Gasteiger partial charge is 0.145 e. The highest BCUT2D eigenvalue weighted by Gasteiger charge is 2.26. The summed E-state index contributed by atoms with van der Waals surface area (Å²) in [5.41, 5.74) is 4.40. The zero-order chi connectivity index (χ0) is 17.2. The Kier molecular flexibility index (Phi) is 4.31. The van der Waals surface area contributed by atoms with Crippen LogP contribution in [0.2, 0.25) is 0 Å². The van der Waals surface area contributed by atoms with Crippen LogP contribution in [0.3, 0.4) is 0 Å². The Morgan fingerprint density at radius 2 is 1.92 bits per heavy atom. The van der Waals surface area contributed by atoms with Crippen LogP contribution in [0.1, 0.15) is 36.6 Å². The first-order chi connectivity index (χ1) is 12.2. The summed E-state index contributed by atoms with van der Waals surface area (Å²) in [6, 6.07) is 19.3. The average Bonchev–Trinajstić information content (AvgIpc) is 3.45. The van der Waals surface area contributed by atoms with E-state index in [0.29, 0.717) is 6.04 Å². The van der Waals surface area contributed by atoms with Crippen molar-refractivity contribution in [3.63, 3.8) is 0 Å². The number of methoxy groups -OCH3 is 1. The topological polar surface area (TPSA) is 34.1 Å². The van der Waals surface area contributed by atoms with Crippen LogP contribution in [0.25, 0.3) is 10.9 Å². The van der Waals surface area contributed by atoms with Gasteiger partial charge in [0.2, 0.25) is 0 Å². The monoisotopic (exact) mass is 332 g/mol. The van der Waals surface area contributed by atoms with Crippen molar-refractivity contribution >= 4 is 16.6 Å². The third-order valence-electron chi connectivity index (χ3n) is 4.95. The molecule has 1 aliphatic carbocycles. The average molecular weight is 332 g/mol. The van der Waals surface area contributed by atoms with Gasteiger partial charge in [-0.25, -0.2) is 4.98 Å². The lowest BCUT2D eigenvalue weighted by molar-refractivity contribution is 0.419. The second-order valence-electron chi connectivity index (χ2n) is 6.95. The van der Waals surface area contributed by atoms with Crippen molar-refractivity contribution in [2.24, 2.45) is 5.92 Å². The molecule has 0 spiro atoms. The molecule has 0 saturated heterocycles. The Hall–Kier alpha value is -2.55. The molecular formula is C22H24N2O. The van der Waals surface area contributed by atoms with Crippen LogP contribution in [-0.4, -0.2) is 12.1 Å². The number of rotatable bonds is 6.